The minimum atomic E-state index is -0.122. The average Bonchev–Trinajstić information content (AvgIpc) is 2.49. The van der Waals surface area contributed by atoms with Crippen molar-refractivity contribution in [3.8, 4) is 0 Å². The third kappa shape index (κ3) is 4.79. The summed E-state index contributed by atoms with van der Waals surface area (Å²) in [4.78, 5) is 2.46. The molecular weight excluding hydrogens is 263 g/mol. The van der Waals surface area contributed by atoms with Crippen molar-refractivity contribution >= 4 is 0 Å². The van der Waals surface area contributed by atoms with Crippen LogP contribution >= 0.6 is 0 Å². The highest BCUT2D eigenvalue weighted by atomic mass is 19.1. The number of aryl methyl sites for hydroxylation is 1. The van der Waals surface area contributed by atoms with Crippen LogP contribution in [0.4, 0.5) is 4.39 Å². The van der Waals surface area contributed by atoms with E-state index in [0.29, 0.717) is 6.04 Å². The lowest BCUT2D eigenvalue weighted by molar-refractivity contribution is 0.156. The maximum absolute atomic E-state index is 13.4. The van der Waals surface area contributed by atoms with Gasteiger partial charge in [0.05, 0.1) is 0 Å². The highest BCUT2D eigenvalue weighted by Gasteiger charge is 2.23. The van der Waals surface area contributed by atoms with Crippen LogP contribution < -0.4 is 5.32 Å². The summed E-state index contributed by atoms with van der Waals surface area (Å²) in [6.45, 7) is 10.8. The first-order valence-electron chi connectivity index (χ1n) is 8.31. The largest absolute Gasteiger partial charge is 0.314 e. The highest BCUT2D eigenvalue weighted by molar-refractivity contribution is 5.26. The second-order valence-electron chi connectivity index (χ2n) is 6.43. The van der Waals surface area contributed by atoms with Crippen LogP contribution in [0.15, 0.2) is 18.2 Å². The van der Waals surface area contributed by atoms with Gasteiger partial charge in [-0.3, -0.25) is 4.90 Å². The molecule has 1 unspecified atom stereocenters. The number of piperidine rings is 1. The zero-order chi connectivity index (χ0) is 15.2. The van der Waals surface area contributed by atoms with E-state index in [9.17, 15) is 4.39 Å². The Labute approximate surface area is 128 Å². The number of hydrogen-bond acceptors (Lipinski definition) is 2. The lowest BCUT2D eigenvalue weighted by Crippen LogP contribution is -2.42. The van der Waals surface area contributed by atoms with Gasteiger partial charge in [-0.2, -0.15) is 0 Å². The Bertz CT molecular complexity index is 439. The minimum Gasteiger partial charge on any atom is -0.314 e. The molecular formula is C18H29FN2. The Morgan fingerprint density at radius 2 is 2.05 bits per heavy atom. The molecule has 0 bridgehead atoms. The number of likely N-dealkylation sites (tertiary alicyclic amines) is 1. The van der Waals surface area contributed by atoms with Crippen molar-refractivity contribution < 1.29 is 4.39 Å². The quantitative estimate of drug-likeness (QED) is 0.859. The van der Waals surface area contributed by atoms with Gasteiger partial charge in [0.1, 0.15) is 5.82 Å². The molecule has 0 aliphatic carbocycles. The molecule has 1 aliphatic rings. The second kappa shape index (κ2) is 7.90. The normalized spacial score (nSPS) is 18.9. The maximum atomic E-state index is 13.4. The van der Waals surface area contributed by atoms with Crippen LogP contribution in [-0.2, 0) is 6.54 Å². The zero-order valence-corrected chi connectivity index (χ0v) is 13.7. The fourth-order valence-electron chi connectivity index (χ4n) is 3.20. The number of benzene rings is 1. The van der Waals surface area contributed by atoms with E-state index in [1.807, 2.05) is 6.07 Å². The smallest absolute Gasteiger partial charge is 0.123 e. The van der Waals surface area contributed by atoms with Crippen LogP contribution in [0.5, 0.6) is 0 Å². The van der Waals surface area contributed by atoms with E-state index >= 15 is 0 Å². The van der Waals surface area contributed by atoms with Crippen molar-refractivity contribution in [1.82, 2.24) is 10.2 Å². The number of hydrogen-bond donors (Lipinski definition) is 1. The summed E-state index contributed by atoms with van der Waals surface area (Å²) in [7, 11) is 0. The molecule has 1 aliphatic heterocycles. The molecule has 0 aromatic heterocycles. The molecule has 1 atom stereocenters. The zero-order valence-electron chi connectivity index (χ0n) is 13.7. The third-order valence-corrected chi connectivity index (χ3v) is 4.76. The Morgan fingerprint density at radius 1 is 1.33 bits per heavy atom. The molecule has 0 radical (unpaired) electrons. The number of halogens is 1. The van der Waals surface area contributed by atoms with Crippen molar-refractivity contribution in [1.29, 1.82) is 0 Å². The summed E-state index contributed by atoms with van der Waals surface area (Å²) in [5, 5.41) is 3.62. The van der Waals surface area contributed by atoms with Crippen molar-refractivity contribution in [3.63, 3.8) is 0 Å². The number of nitrogens with one attached hydrogen (secondary N) is 1. The van der Waals surface area contributed by atoms with Gasteiger partial charge in [0.2, 0.25) is 0 Å². The molecule has 0 amide bonds. The molecule has 1 heterocycles. The number of rotatable bonds is 6. The third-order valence-electron chi connectivity index (χ3n) is 4.76. The lowest BCUT2D eigenvalue weighted by Gasteiger charge is -2.35. The first-order chi connectivity index (χ1) is 10.1. The van der Waals surface area contributed by atoms with E-state index in [1.54, 1.807) is 12.1 Å². The minimum absolute atomic E-state index is 0.122. The molecule has 1 saturated heterocycles. The predicted octanol–water partition coefficient (Wildman–Crippen LogP) is 3.73. The summed E-state index contributed by atoms with van der Waals surface area (Å²) in [5.74, 6) is 0.657. The fourth-order valence-corrected chi connectivity index (χ4v) is 3.20. The van der Waals surface area contributed by atoms with Crippen LogP contribution in [0.1, 0.15) is 44.2 Å². The summed E-state index contributed by atoms with van der Waals surface area (Å²) in [6.07, 6.45) is 3.68. The molecule has 1 aromatic carbocycles. The van der Waals surface area contributed by atoms with Gasteiger partial charge in [0.25, 0.3) is 0 Å². The molecule has 0 spiro atoms. The van der Waals surface area contributed by atoms with E-state index in [-0.39, 0.29) is 5.82 Å². The van der Waals surface area contributed by atoms with Crippen molar-refractivity contribution in [3.05, 3.63) is 35.1 Å². The molecule has 2 rings (SSSR count). The van der Waals surface area contributed by atoms with E-state index in [1.165, 1.54) is 24.8 Å². The monoisotopic (exact) mass is 292 g/mol. The van der Waals surface area contributed by atoms with Crippen LogP contribution in [0, 0.1) is 18.7 Å². The van der Waals surface area contributed by atoms with Crippen LogP contribution in [-0.4, -0.2) is 30.6 Å². The van der Waals surface area contributed by atoms with Gasteiger partial charge < -0.3 is 5.32 Å². The van der Waals surface area contributed by atoms with Gasteiger partial charge in [0.15, 0.2) is 0 Å². The average molecular weight is 292 g/mol. The van der Waals surface area contributed by atoms with Gasteiger partial charge in [-0.15, -0.1) is 0 Å². The van der Waals surface area contributed by atoms with Gasteiger partial charge >= 0.3 is 0 Å². The van der Waals surface area contributed by atoms with E-state index in [0.717, 1.165) is 37.7 Å². The molecule has 21 heavy (non-hydrogen) atoms. The molecule has 3 heteroatoms. The fraction of sp³-hybridized carbons (Fsp3) is 0.667. The van der Waals surface area contributed by atoms with Gasteiger partial charge in [0, 0.05) is 12.6 Å². The molecule has 0 saturated carbocycles. The first-order valence-corrected chi connectivity index (χ1v) is 8.31. The predicted molar refractivity (Wildman–Crippen MR) is 86.9 cm³/mol. The highest BCUT2D eigenvalue weighted by Crippen LogP contribution is 2.23. The Kier molecular flexibility index (Phi) is 6.19. The SMILES string of the molecule is CCCNC(C)C1CCN(Cc2cc(F)ccc2C)CC1. The Morgan fingerprint density at radius 3 is 2.71 bits per heavy atom. The maximum Gasteiger partial charge on any atom is 0.123 e. The molecule has 1 fully saturated rings. The Hall–Kier alpha value is -0.930. The van der Waals surface area contributed by atoms with Gasteiger partial charge in [-0.1, -0.05) is 13.0 Å². The molecule has 118 valence electrons. The molecule has 1 N–H and O–H groups in total. The van der Waals surface area contributed by atoms with Crippen molar-refractivity contribution in [2.45, 2.75) is 52.6 Å². The van der Waals surface area contributed by atoms with Gasteiger partial charge in [-0.25, -0.2) is 4.39 Å². The van der Waals surface area contributed by atoms with Crippen LogP contribution in [0.25, 0.3) is 0 Å². The van der Waals surface area contributed by atoms with Crippen molar-refractivity contribution in [2.24, 2.45) is 5.92 Å². The topological polar surface area (TPSA) is 15.3 Å². The first kappa shape index (κ1) is 16.4. The second-order valence-corrected chi connectivity index (χ2v) is 6.43. The van der Waals surface area contributed by atoms with E-state index in [2.05, 4.69) is 31.0 Å². The molecule has 2 nitrogen and oxygen atoms in total. The summed E-state index contributed by atoms with van der Waals surface area (Å²) < 4.78 is 13.4. The van der Waals surface area contributed by atoms with Crippen molar-refractivity contribution in [2.75, 3.05) is 19.6 Å². The Balaban J connectivity index is 1.82. The standard InChI is InChI=1S/C18H29FN2/c1-4-9-20-15(3)16-7-10-21(11-8-16)13-17-12-18(19)6-5-14(17)2/h5-6,12,15-16,20H,4,7-11,13H2,1-3H3. The number of nitrogens with zero attached hydrogens (tertiary/aromatic N) is 1. The van der Waals surface area contributed by atoms with Crippen LogP contribution in [0.2, 0.25) is 0 Å². The summed E-state index contributed by atoms with van der Waals surface area (Å²) in [6, 6.07) is 5.73. The van der Waals surface area contributed by atoms with E-state index in [4.69, 9.17) is 0 Å². The van der Waals surface area contributed by atoms with Gasteiger partial charge in [-0.05, 0) is 81.9 Å². The van der Waals surface area contributed by atoms with Crippen LogP contribution in [0.3, 0.4) is 0 Å². The lowest BCUT2D eigenvalue weighted by atomic mass is 9.90. The summed E-state index contributed by atoms with van der Waals surface area (Å²) in [5.41, 5.74) is 2.32. The van der Waals surface area contributed by atoms with E-state index < -0.39 is 0 Å². The summed E-state index contributed by atoms with van der Waals surface area (Å²) >= 11 is 0. The molecule has 1 aromatic rings.